The van der Waals surface area contributed by atoms with Crippen LogP contribution in [0.25, 0.3) is 11.2 Å². The van der Waals surface area contributed by atoms with Gasteiger partial charge < -0.3 is 14.5 Å². The molecule has 0 atom stereocenters. The summed E-state index contributed by atoms with van der Waals surface area (Å²) >= 11 is 1.01. The highest BCUT2D eigenvalue weighted by molar-refractivity contribution is 7.17. The number of nitrogens with zero attached hydrogens (tertiary/aromatic N) is 3. The zero-order valence-corrected chi connectivity index (χ0v) is 15.1. The molecule has 26 heavy (non-hydrogen) atoms. The molecule has 10 heteroatoms. The van der Waals surface area contributed by atoms with E-state index in [9.17, 15) is 14.4 Å². The minimum Gasteiger partial charge on any atom is -0.459 e. The molecule has 0 saturated carbocycles. The number of amides is 1. The Morgan fingerprint density at radius 1 is 1.42 bits per heavy atom. The molecule has 0 aliphatic rings. The third kappa shape index (κ3) is 3.64. The number of thiazole rings is 1. The highest BCUT2D eigenvalue weighted by Crippen LogP contribution is 2.24. The van der Waals surface area contributed by atoms with Crippen molar-refractivity contribution in [3.8, 4) is 0 Å². The lowest BCUT2D eigenvalue weighted by molar-refractivity contribution is -0.116. The summed E-state index contributed by atoms with van der Waals surface area (Å²) in [4.78, 5) is 44.6. The number of fused-ring (bicyclic) bond motifs is 1. The molecule has 1 N–H and O–H groups in total. The number of hydrogen-bond donors (Lipinski definition) is 1. The van der Waals surface area contributed by atoms with Crippen molar-refractivity contribution < 1.29 is 18.7 Å². The van der Waals surface area contributed by atoms with Gasteiger partial charge in [0.25, 0.3) is 0 Å². The van der Waals surface area contributed by atoms with E-state index >= 15 is 0 Å². The molecule has 3 aromatic heterocycles. The number of hydrogen-bond acceptors (Lipinski definition) is 8. The summed E-state index contributed by atoms with van der Waals surface area (Å²) in [6.07, 6.45) is 1.25. The average Bonchev–Trinajstić information content (AvgIpc) is 3.07. The summed E-state index contributed by atoms with van der Waals surface area (Å²) in [5, 5.41) is 2.82. The van der Waals surface area contributed by atoms with Crippen molar-refractivity contribution in [3.63, 3.8) is 0 Å². The Morgan fingerprint density at radius 3 is 2.92 bits per heavy atom. The fourth-order valence-corrected chi connectivity index (χ4v) is 3.11. The molecule has 0 fully saturated rings. The maximum atomic E-state index is 12.3. The van der Waals surface area contributed by atoms with Gasteiger partial charge in [0.1, 0.15) is 11.4 Å². The van der Waals surface area contributed by atoms with Crippen molar-refractivity contribution in [2.45, 2.75) is 33.4 Å². The molecule has 1 amide bonds. The molecular formula is C16H16N4O5S. The van der Waals surface area contributed by atoms with E-state index in [1.54, 1.807) is 32.9 Å². The lowest BCUT2D eigenvalue weighted by Gasteiger charge is -2.05. The van der Waals surface area contributed by atoms with Gasteiger partial charge in [-0.05, 0) is 32.9 Å². The average molecular weight is 376 g/mol. The van der Waals surface area contributed by atoms with Crippen LogP contribution in [-0.4, -0.2) is 32.5 Å². The van der Waals surface area contributed by atoms with E-state index in [-0.39, 0.29) is 23.4 Å². The Hall–Kier alpha value is -3.01. The molecule has 0 radical (unpaired) electrons. The SMILES string of the molecule is Cc1nc(NC(=O)Cn2c(=O)oc3cccnc32)sc1C(=O)OC(C)C. The number of carbonyl (C=O) groups is 2. The van der Waals surface area contributed by atoms with Gasteiger partial charge >= 0.3 is 11.7 Å². The largest absolute Gasteiger partial charge is 0.459 e. The van der Waals surface area contributed by atoms with E-state index < -0.39 is 17.6 Å². The van der Waals surface area contributed by atoms with Crippen LogP contribution < -0.4 is 11.1 Å². The zero-order valence-electron chi connectivity index (χ0n) is 14.3. The number of rotatable bonds is 5. The van der Waals surface area contributed by atoms with Crippen LogP contribution in [0.5, 0.6) is 0 Å². The number of oxazole rings is 1. The van der Waals surface area contributed by atoms with Crippen molar-refractivity contribution in [2.24, 2.45) is 0 Å². The quantitative estimate of drug-likeness (QED) is 0.677. The molecule has 0 aliphatic carbocycles. The summed E-state index contributed by atoms with van der Waals surface area (Å²) in [5.41, 5.74) is 1.04. The van der Waals surface area contributed by atoms with Gasteiger partial charge in [-0.3, -0.25) is 4.79 Å². The van der Waals surface area contributed by atoms with E-state index in [4.69, 9.17) is 9.15 Å². The Kier molecular flexibility index (Phi) is 4.85. The van der Waals surface area contributed by atoms with Gasteiger partial charge in [-0.25, -0.2) is 24.1 Å². The molecule has 3 rings (SSSR count). The first kappa shape index (κ1) is 17.8. The van der Waals surface area contributed by atoms with Crippen molar-refractivity contribution in [3.05, 3.63) is 39.5 Å². The van der Waals surface area contributed by atoms with Crippen LogP contribution in [0, 0.1) is 6.92 Å². The lowest BCUT2D eigenvalue weighted by atomic mass is 10.4. The van der Waals surface area contributed by atoms with Crippen LogP contribution >= 0.6 is 11.3 Å². The first-order valence-electron chi connectivity index (χ1n) is 7.77. The van der Waals surface area contributed by atoms with Crippen LogP contribution in [0.4, 0.5) is 5.13 Å². The Morgan fingerprint density at radius 2 is 2.19 bits per heavy atom. The maximum absolute atomic E-state index is 12.3. The summed E-state index contributed by atoms with van der Waals surface area (Å²) in [6.45, 7) is 4.87. The highest BCUT2D eigenvalue weighted by atomic mass is 32.1. The topological polar surface area (TPSA) is 116 Å². The van der Waals surface area contributed by atoms with Crippen molar-refractivity contribution >= 4 is 39.6 Å². The Bertz CT molecular complexity index is 1030. The number of carbonyl (C=O) groups excluding carboxylic acids is 2. The molecule has 0 aliphatic heterocycles. The fraction of sp³-hybridized carbons (Fsp3) is 0.312. The molecule has 0 bridgehead atoms. The monoisotopic (exact) mass is 376 g/mol. The van der Waals surface area contributed by atoms with Gasteiger partial charge in [0, 0.05) is 6.20 Å². The first-order chi connectivity index (χ1) is 12.3. The summed E-state index contributed by atoms with van der Waals surface area (Å²) in [5.74, 6) is -1.65. The van der Waals surface area contributed by atoms with Gasteiger partial charge in [0.15, 0.2) is 16.4 Å². The third-order valence-electron chi connectivity index (χ3n) is 3.30. The van der Waals surface area contributed by atoms with Gasteiger partial charge in [0.2, 0.25) is 5.91 Å². The lowest BCUT2D eigenvalue weighted by Crippen LogP contribution is -2.25. The van der Waals surface area contributed by atoms with Crippen LogP contribution in [0.1, 0.15) is 29.2 Å². The van der Waals surface area contributed by atoms with E-state index in [1.165, 1.54) is 6.20 Å². The molecule has 9 nitrogen and oxygen atoms in total. The van der Waals surface area contributed by atoms with Crippen LogP contribution in [-0.2, 0) is 16.1 Å². The highest BCUT2D eigenvalue weighted by Gasteiger charge is 2.20. The van der Waals surface area contributed by atoms with Crippen LogP contribution in [0.2, 0.25) is 0 Å². The summed E-state index contributed by atoms with van der Waals surface area (Å²) < 4.78 is 11.3. The van der Waals surface area contributed by atoms with E-state index in [1.807, 2.05) is 0 Å². The third-order valence-corrected chi connectivity index (χ3v) is 4.35. The van der Waals surface area contributed by atoms with Crippen molar-refractivity contribution in [1.29, 1.82) is 0 Å². The molecule has 0 unspecified atom stereocenters. The van der Waals surface area contributed by atoms with E-state index in [0.717, 1.165) is 15.9 Å². The molecule has 0 saturated heterocycles. The predicted octanol–water partition coefficient (Wildman–Crippen LogP) is 1.96. The Labute approximate surface area is 151 Å². The predicted molar refractivity (Wildman–Crippen MR) is 94.3 cm³/mol. The molecule has 0 aromatic carbocycles. The van der Waals surface area contributed by atoms with Gasteiger partial charge in [-0.1, -0.05) is 11.3 Å². The minimum absolute atomic E-state index is 0.247. The second-order valence-electron chi connectivity index (χ2n) is 5.72. The van der Waals surface area contributed by atoms with Gasteiger partial charge in [-0.2, -0.15) is 0 Å². The molecular weight excluding hydrogens is 360 g/mol. The van der Waals surface area contributed by atoms with Gasteiger partial charge in [-0.15, -0.1) is 0 Å². The number of pyridine rings is 1. The van der Waals surface area contributed by atoms with E-state index in [0.29, 0.717) is 16.2 Å². The van der Waals surface area contributed by atoms with Gasteiger partial charge in [0.05, 0.1) is 11.8 Å². The number of nitrogens with one attached hydrogen (secondary N) is 1. The fourth-order valence-electron chi connectivity index (χ4n) is 2.25. The van der Waals surface area contributed by atoms with E-state index in [2.05, 4.69) is 15.3 Å². The molecule has 3 aromatic rings. The molecule has 3 heterocycles. The number of aromatic nitrogens is 3. The number of aryl methyl sites for hydroxylation is 1. The number of anilines is 1. The van der Waals surface area contributed by atoms with Crippen molar-refractivity contribution in [1.82, 2.24) is 14.5 Å². The normalized spacial score (nSPS) is 11.1. The molecule has 136 valence electrons. The second-order valence-corrected chi connectivity index (χ2v) is 6.71. The number of ether oxygens (including phenoxy) is 1. The maximum Gasteiger partial charge on any atom is 0.421 e. The van der Waals surface area contributed by atoms with Crippen molar-refractivity contribution in [2.75, 3.05) is 5.32 Å². The standard InChI is InChI=1S/C16H16N4O5S/c1-8(2)24-14(22)12-9(3)18-15(26-12)19-11(21)7-20-13-10(25-16(20)23)5-4-6-17-13/h4-6,8H,7H2,1-3H3,(H,18,19,21). The molecule has 0 spiro atoms. The second kappa shape index (κ2) is 7.08. The first-order valence-corrected chi connectivity index (χ1v) is 8.59. The smallest absolute Gasteiger partial charge is 0.421 e. The summed E-state index contributed by atoms with van der Waals surface area (Å²) in [7, 11) is 0. The van der Waals surface area contributed by atoms with Crippen LogP contribution in [0.3, 0.4) is 0 Å². The number of esters is 1. The van der Waals surface area contributed by atoms with Crippen LogP contribution in [0.15, 0.2) is 27.5 Å². The Balaban J connectivity index is 1.75. The summed E-state index contributed by atoms with van der Waals surface area (Å²) in [6, 6.07) is 3.22. The minimum atomic E-state index is -0.676. The zero-order chi connectivity index (χ0) is 18.8.